The molecule has 3 atom stereocenters. The van der Waals surface area contributed by atoms with Gasteiger partial charge in [-0.15, -0.1) is 24.2 Å². The van der Waals surface area contributed by atoms with Gasteiger partial charge in [-0.3, -0.25) is 0 Å². The Morgan fingerprint density at radius 1 is 1.03 bits per heavy atom. The molecule has 1 unspecified atom stereocenters. The van der Waals surface area contributed by atoms with Gasteiger partial charge in [-0.2, -0.15) is 0 Å². The number of thiophene rings is 1. The van der Waals surface area contributed by atoms with E-state index >= 15 is 0 Å². The summed E-state index contributed by atoms with van der Waals surface area (Å²) in [6.07, 6.45) is 11.2. The quantitative estimate of drug-likeness (QED) is 0.215. The zero-order chi connectivity index (χ0) is 27.9. The van der Waals surface area contributed by atoms with Crippen molar-refractivity contribution in [3.63, 3.8) is 0 Å². The summed E-state index contributed by atoms with van der Waals surface area (Å²) in [4.78, 5) is 3.71. The molecule has 37 heavy (non-hydrogen) atoms. The number of benzene rings is 1. The van der Waals surface area contributed by atoms with E-state index in [2.05, 4.69) is 108 Å². The van der Waals surface area contributed by atoms with Gasteiger partial charge in [-0.1, -0.05) is 81.9 Å². The maximum Gasteiger partial charge on any atom is 0.103 e. The lowest BCUT2D eigenvalue weighted by Gasteiger charge is -2.45. The Balaban J connectivity index is 0.00000235. The number of fused-ring (bicyclic) bond motifs is 1. The van der Waals surface area contributed by atoms with Gasteiger partial charge in [0, 0.05) is 22.3 Å². The van der Waals surface area contributed by atoms with Gasteiger partial charge in [-0.25, -0.2) is 0 Å². The highest BCUT2D eigenvalue weighted by Gasteiger charge is 2.37. The fourth-order valence-electron chi connectivity index (χ4n) is 5.40. The molecule has 200 valence electrons. The number of halogens is 1. The molecule has 1 N–H and O–H groups in total. The summed E-state index contributed by atoms with van der Waals surface area (Å²) in [7, 11) is 0. The molecule has 2 aromatic rings. The fourth-order valence-corrected chi connectivity index (χ4v) is 6.59. The van der Waals surface area contributed by atoms with Crippen molar-refractivity contribution in [2.45, 2.75) is 78.9 Å². The minimum absolute atomic E-state index is 0.0610. The van der Waals surface area contributed by atoms with Gasteiger partial charge in [-0.05, 0) is 81.0 Å². The van der Waals surface area contributed by atoms with Gasteiger partial charge in [0.1, 0.15) is 6.04 Å². The van der Waals surface area contributed by atoms with Crippen LogP contribution in [0.2, 0.25) is 4.34 Å². The molecule has 0 amide bonds. The van der Waals surface area contributed by atoms with Crippen LogP contribution in [0, 0.1) is 30.6 Å². The van der Waals surface area contributed by atoms with Crippen LogP contribution >= 0.6 is 22.9 Å². The first kappa shape index (κ1) is 30.8. The maximum absolute atomic E-state index is 6.45. The minimum atomic E-state index is -0.0610. The van der Waals surface area contributed by atoms with E-state index < -0.39 is 0 Å². The molecular weight excluding hydrogens is 492 g/mol. The molecule has 0 spiro atoms. The summed E-state index contributed by atoms with van der Waals surface area (Å²) >= 11 is 8.08. The van der Waals surface area contributed by atoms with E-state index in [9.17, 15) is 0 Å². The molecule has 2 nitrogen and oxygen atoms in total. The number of hydrogen-bond acceptors (Lipinski definition) is 3. The fraction of sp³-hybridized carbons (Fsp3) is 0.455. The number of allylic oxidation sites excluding steroid dienone is 1. The molecule has 0 saturated carbocycles. The molecule has 0 saturated heterocycles. The van der Waals surface area contributed by atoms with Crippen LogP contribution in [0.1, 0.15) is 70.0 Å². The van der Waals surface area contributed by atoms with Crippen LogP contribution in [0.25, 0.3) is 0 Å². The average Bonchev–Trinajstić information content (AvgIpc) is 3.46. The van der Waals surface area contributed by atoms with Crippen molar-refractivity contribution in [3.05, 3.63) is 93.4 Å². The van der Waals surface area contributed by atoms with E-state index in [4.69, 9.17) is 18.2 Å². The lowest BCUT2D eigenvalue weighted by Crippen LogP contribution is -2.44. The average molecular weight is 537 g/mol. The predicted molar refractivity (Wildman–Crippen MR) is 165 cm³/mol. The largest absolute Gasteiger partial charge is 0.385 e. The normalized spacial score (nSPS) is 15.3. The molecule has 3 rings (SSSR count). The van der Waals surface area contributed by atoms with Crippen LogP contribution in [0.4, 0.5) is 0 Å². The smallest absolute Gasteiger partial charge is 0.103 e. The van der Waals surface area contributed by atoms with Crippen molar-refractivity contribution >= 4 is 22.9 Å². The van der Waals surface area contributed by atoms with E-state index in [0.717, 1.165) is 40.6 Å². The Morgan fingerprint density at radius 3 is 2.03 bits per heavy atom. The maximum atomic E-state index is 6.45. The van der Waals surface area contributed by atoms with Crippen LogP contribution in [-0.2, 0) is 12.8 Å². The summed E-state index contributed by atoms with van der Waals surface area (Å²) in [5.41, 5.74) is 6.27. The van der Waals surface area contributed by atoms with Gasteiger partial charge in [0.25, 0.3) is 0 Å². The Bertz CT molecular complexity index is 1070. The van der Waals surface area contributed by atoms with Crippen LogP contribution in [-0.4, -0.2) is 17.0 Å². The second kappa shape index (κ2) is 13.9. The van der Waals surface area contributed by atoms with Crippen molar-refractivity contribution in [2.75, 3.05) is 0 Å². The highest BCUT2D eigenvalue weighted by atomic mass is 35.5. The van der Waals surface area contributed by atoms with E-state index in [1.165, 1.54) is 16.0 Å². The number of terminal acetylenes is 1. The highest BCUT2D eigenvalue weighted by Crippen LogP contribution is 2.43. The summed E-state index contributed by atoms with van der Waals surface area (Å²) in [5.74, 6) is 1.38. The summed E-state index contributed by atoms with van der Waals surface area (Å²) in [5, 5.41) is 3.61. The predicted octanol–water partition coefficient (Wildman–Crippen LogP) is 9.06. The van der Waals surface area contributed by atoms with Crippen LogP contribution in [0.3, 0.4) is 0 Å². The van der Waals surface area contributed by atoms with Gasteiger partial charge < -0.3 is 10.2 Å². The lowest BCUT2D eigenvalue weighted by atomic mass is 9.85. The third kappa shape index (κ3) is 7.79. The molecule has 1 aliphatic carbocycles. The van der Waals surface area contributed by atoms with E-state index in [1.807, 2.05) is 6.07 Å². The van der Waals surface area contributed by atoms with Crippen LogP contribution in [0.5, 0.6) is 0 Å². The molecule has 0 fully saturated rings. The van der Waals surface area contributed by atoms with Gasteiger partial charge >= 0.3 is 0 Å². The zero-order valence-corrected chi connectivity index (χ0v) is 25.1. The monoisotopic (exact) mass is 536 g/mol. The first-order valence-electron chi connectivity index (χ1n) is 13.2. The SMILES string of the molecule is C#C.C=C(C)[C@@H](CC(C)C)N(C(=C)C(C)C1Cc2ccccc2C1)[C@@H](C(=C)NC(C)C)c1ccc(Cl)s1. The number of nitrogens with zero attached hydrogens (tertiary/aromatic N) is 1. The third-order valence-electron chi connectivity index (χ3n) is 7.19. The summed E-state index contributed by atoms with van der Waals surface area (Å²) in [6, 6.07) is 13.4. The number of hydrogen-bond donors (Lipinski definition) is 1. The first-order valence-corrected chi connectivity index (χ1v) is 14.4. The van der Waals surface area contributed by atoms with Gasteiger partial charge in [0.15, 0.2) is 0 Å². The van der Waals surface area contributed by atoms with E-state index in [-0.39, 0.29) is 18.1 Å². The molecule has 4 heteroatoms. The second-order valence-corrected chi connectivity index (χ2v) is 12.7. The first-order chi connectivity index (χ1) is 17.5. The Kier molecular flexibility index (Phi) is 11.6. The molecule has 0 radical (unpaired) electrons. The standard InChI is InChI=1S/C31H43ClN2S.C2H2/c1-19(2)16-28(20(3)4)34(31(23(8)33-21(5)6)29-14-15-30(32)35-29)24(9)22(7)27-17-25-12-10-11-13-26(25)18-27;1-2/h10-15,19,21-22,27-28,31,33H,3,8-9,16-18H2,1-2,4-7H3;1-2H/t22?,28-,31+;/m1./s1. The Hall–Kier alpha value is -2.41. The number of nitrogens with one attached hydrogen (secondary N) is 1. The minimum Gasteiger partial charge on any atom is -0.385 e. The topological polar surface area (TPSA) is 15.3 Å². The third-order valence-corrected chi connectivity index (χ3v) is 8.48. The lowest BCUT2D eigenvalue weighted by molar-refractivity contribution is 0.170. The van der Waals surface area contributed by atoms with Crippen molar-refractivity contribution in [3.8, 4) is 12.8 Å². The molecular formula is C33H45ClN2S. The zero-order valence-electron chi connectivity index (χ0n) is 23.6. The molecule has 1 heterocycles. The second-order valence-electron chi connectivity index (χ2n) is 11.0. The van der Waals surface area contributed by atoms with Crippen molar-refractivity contribution in [1.82, 2.24) is 10.2 Å². The van der Waals surface area contributed by atoms with Crippen molar-refractivity contribution < 1.29 is 0 Å². The van der Waals surface area contributed by atoms with Crippen LogP contribution in [0.15, 0.2) is 73.1 Å². The summed E-state index contributed by atoms with van der Waals surface area (Å²) in [6.45, 7) is 27.1. The van der Waals surface area contributed by atoms with Crippen molar-refractivity contribution in [2.24, 2.45) is 17.8 Å². The molecule has 1 aliphatic rings. The van der Waals surface area contributed by atoms with Gasteiger partial charge in [0.2, 0.25) is 0 Å². The van der Waals surface area contributed by atoms with E-state index in [0.29, 0.717) is 17.8 Å². The number of rotatable bonds is 12. The summed E-state index contributed by atoms with van der Waals surface area (Å²) < 4.78 is 0.794. The Morgan fingerprint density at radius 2 is 1.59 bits per heavy atom. The molecule has 1 aromatic carbocycles. The molecule has 0 bridgehead atoms. The Labute approximate surface area is 235 Å². The van der Waals surface area contributed by atoms with Crippen LogP contribution < -0.4 is 5.32 Å². The molecule has 1 aromatic heterocycles. The van der Waals surface area contributed by atoms with Gasteiger partial charge in [0.05, 0.1) is 10.4 Å². The highest BCUT2D eigenvalue weighted by molar-refractivity contribution is 7.16. The molecule has 0 aliphatic heterocycles. The van der Waals surface area contributed by atoms with Crippen molar-refractivity contribution in [1.29, 1.82) is 0 Å². The van der Waals surface area contributed by atoms with E-state index in [1.54, 1.807) is 11.3 Å².